The topological polar surface area (TPSA) is 73.2 Å². The standard InChI is InChI=1S/C15H23N3O2/c1-3-7-17-15(4-2,10-16)6-5-8-18-13(19)11-9-12(11)14(18)20/h11-12,17H,3-9H2,1-2H3. The van der Waals surface area contributed by atoms with E-state index in [2.05, 4.69) is 18.3 Å². The van der Waals surface area contributed by atoms with E-state index in [-0.39, 0.29) is 23.7 Å². The number of nitrogens with one attached hydrogen (secondary N) is 1. The molecule has 1 aliphatic heterocycles. The zero-order valence-corrected chi connectivity index (χ0v) is 12.3. The van der Waals surface area contributed by atoms with Gasteiger partial charge in [0.15, 0.2) is 0 Å². The third-order valence-electron chi connectivity index (χ3n) is 4.47. The molecule has 2 aliphatic rings. The average Bonchev–Trinajstić information content (AvgIpc) is 3.22. The molecule has 1 heterocycles. The summed E-state index contributed by atoms with van der Waals surface area (Å²) in [6.07, 6.45) is 3.83. The minimum absolute atomic E-state index is 0.000531. The van der Waals surface area contributed by atoms with Gasteiger partial charge in [0.1, 0.15) is 5.54 Å². The van der Waals surface area contributed by atoms with Crippen molar-refractivity contribution in [1.29, 1.82) is 5.26 Å². The molecule has 1 aliphatic carbocycles. The molecule has 0 bridgehead atoms. The average molecular weight is 277 g/mol. The number of nitrogens with zero attached hydrogens (tertiary/aromatic N) is 2. The van der Waals surface area contributed by atoms with Crippen LogP contribution in [0.5, 0.6) is 0 Å². The highest BCUT2D eigenvalue weighted by Crippen LogP contribution is 2.47. The highest BCUT2D eigenvalue weighted by molar-refractivity contribution is 6.08. The molecule has 0 aromatic rings. The summed E-state index contributed by atoms with van der Waals surface area (Å²) >= 11 is 0. The maximum Gasteiger partial charge on any atom is 0.233 e. The van der Waals surface area contributed by atoms with Crippen molar-refractivity contribution in [2.75, 3.05) is 13.1 Å². The van der Waals surface area contributed by atoms with Crippen LogP contribution in [-0.4, -0.2) is 35.3 Å². The Labute approximate surface area is 120 Å². The third-order valence-corrected chi connectivity index (χ3v) is 4.47. The lowest BCUT2D eigenvalue weighted by atomic mass is 9.91. The fourth-order valence-electron chi connectivity index (χ4n) is 2.94. The van der Waals surface area contributed by atoms with Crippen LogP contribution in [0.25, 0.3) is 0 Å². The summed E-state index contributed by atoms with van der Waals surface area (Å²) in [5.41, 5.74) is -0.523. The smallest absolute Gasteiger partial charge is 0.233 e. The van der Waals surface area contributed by atoms with Crippen LogP contribution in [0, 0.1) is 23.2 Å². The molecule has 1 N–H and O–H groups in total. The van der Waals surface area contributed by atoms with Gasteiger partial charge in [-0.15, -0.1) is 0 Å². The van der Waals surface area contributed by atoms with Crippen molar-refractivity contribution in [3.8, 4) is 6.07 Å². The molecule has 1 saturated heterocycles. The number of likely N-dealkylation sites (tertiary alicyclic amines) is 1. The summed E-state index contributed by atoms with van der Waals surface area (Å²) in [5.74, 6) is -0.0404. The van der Waals surface area contributed by atoms with Gasteiger partial charge in [-0.05, 0) is 38.6 Å². The van der Waals surface area contributed by atoms with Gasteiger partial charge in [0.2, 0.25) is 11.8 Å². The van der Waals surface area contributed by atoms with Gasteiger partial charge in [0.05, 0.1) is 17.9 Å². The number of carbonyl (C=O) groups excluding carboxylic acids is 2. The summed E-state index contributed by atoms with van der Waals surface area (Å²) in [5, 5.41) is 12.7. The summed E-state index contributed by atoms with van der Waals surface area (Å²) in [7, 11) is 0. The minimum atomic E-state index is -0.523. The second kappa shape index (κ2) is 5.92. The first-order chi connectivity index (χ1) is 9.58. The van der Waals surface area contributed by atoms with Crippen LogP contribution in [0.15, 0.2) is 0 Å². The molecule has 2 rings (SSSR count). The van der Waals surface area contributed by atoms with Crippen molar-refractivity contribution >= 4 is 11.8 Å². The molecule has 2 amide bonds. The molecule has 0 aromatic carbocycles. The summed E-state index contributed by atoms with van der Waals surface area (Å²) < 4.78 is 0. The van der Waals surface area contributed by atoms with Crippen molar-refractivity contribution in [3.63, 3.8) is 0 Å². The van der Waals surface area contributed by atoms with Crippen LogP contribution in [0.1, 0.15) is 46.0 Å². The van der Waals surface area contributed by atoms with Gasteiger partial charge in [-0.25, -0.2) is 0 Å². The number of rotatable bonds is 8. The van der Waals surface area contributed by atoms with Crippen LogP contribution < -0.4 is 5.32 Å². The predicted molar refractivity (Wildman–Crippen MR) is 74.5 cm³/mol. The SMILES string of the molecule is CCCNC(C#N)(CC)CCCN1C(=O)C2CC2C1=O. The first kappa shape index (κ1) is 15.0. The van der Waals surface area contributed by atoms with Gasteiger partial charge >= 0.3 is 0 Å². The second-order valence-electron chi connectivity index (χ2n) is 5.85. The maximum atomic E-state index is 11.8. The molecule has 20 heavy (non-hydrogen) atoms. The molecule has 0 radical (unpaired) electrons. The molecular weight excluding hydrogens is 254 g/mol. The Hall–Kier alpha value is -1.41. The first-order valence-electron chi connectivity index (χ1n) is 7.60. The van der Waals surface area contributed by atoms with Gasteiger partial charge in [0.25, 0.3) is 0 Å². The Morgan fingerprint density at radius 1 is 1.35 bits per heavy atom. The molecule has 0 aromatic heterocycles. The predicted octanol–water partition coefficient (Wildman–Crippen LogP) is 1.44. The minimum Gasteiger partial charge on any atom is -0.299 e. The summed E-state index contributed by atoms with van der Waals surface area (Å²) in [4.78, 5) is 25.1. The van der Waals surface area contributed by atoms with Crippen LogP contribution in [-0.2, 0) is 9.59 Å². The molecule has 1 saturated carbocycles. The first-order valence-corrected chi connectivity index (χ1v) is 7.60. The van der Waals surface area contributed by atoms with Crippen molar-refractivity contribution in [1.82, 2.24) is 10.2 Å². The molecule has 5 heteroatoms. The van der Waals surface area contributed by atoms with E-state index in [9.17, 15) is 14.9 Å². The third kappa shape index (κ3) is 2.71. The molecular formula is C15H23N3O2. The van der Waals surface area contributed by atoms with E-state index in [1.807, 2.05) is 6.92 Å². The highest BCUT2D eigenvalue weighted by Gasteiger charge is 2.58. The van der Waals surface area contributed by atoms with Gasteiger partial charge in [-0.2, -0.15) is 5.26 Å². The fourth-order valence-corrected chi connectivity index (χ4v) is 2.94. The maximum absolute atomic E-state index is 11.8. The molecule has 2 fully saturated rings. The number of nitriles is 1. The van der Waals surface area contributed by atoms with Crippen LogP contribution in [0.3, 0.4) is 0 Å². The lowest BCUT2D eigenvalue weighted by Crippen LogP contribution is -2.44. The Bertz CT molecular complexity index is 423. The number of hydrogen-bond donors (Lipinski definition) is 1. The number of hydrogen-bond acceptors (Lipinski definition) is 4. The monoisotopic (exact) mass is 277 g/mol. The van der Waals surface area contributed by atoms with Gasteiger partial charge in [-0.1, -0.05) is 13.8 Å². The Morgan fingerprint density at radius 2 is 2.00 bits per heavy atom. The second-order valence-corrected chi connectivity index (χ2v) is 5.85. The van der Waals surface area contributed by atoms with E-state index < -0.39 is 5.54 Å². The van der Waals surface area contributed by atoms with Gasteiger partial charge < -0.3 is 0 Å². The van der Waals surface area contributed by atoms with Gasteiger partial charge in [0, 0.05) is 6.54 Å². The molecule has 3 atom stereocenters. The molecule has 3 unspecified atom stereocenters. The number of fused-ring (bicyclic) bond motifs is 1. The van der Waals surface area contributed by atoms with E-state index >= 15 is 0 Å². The molecule has 5 nitrogen and oxygen atoms in total. The number of amides is 2. The van der Waals surface area contributed by atoms with E-state index in [0.717, 1.165) is 25.8 Å². The molecule has 110 valence electrons. The Morgan fingerprint density at radius 3 is 2.50 bits per heavy atom. The normalized spacial score (nSPS) is 27.1. The zero-order chi connectivity index (χ0) is 14.8. The lowest BCUT2D eigenvalue weighted by molar-refractivity contribution is -0.141. The van der Waals surface area contributed by atoms with Crippen molar-refractivity contribution < 1.29 is 9.59 Å². The van der Waals surface area contributed by atoms with Crippen LogP contribution >= 0.6 is 0 Å². The molecule has 0 spiro atoms. The summed E-state index contributed by atoms with van der Waals surface area (Å²) in [6, 6.07) is 2.37. The number of piperidine rings is 1. The zero-order valence-electron chi connectivity index (χ0n) is 12.3. The number of carbonyl (C=O) groups is 2. The van der Waals surface area contributed by atoms with E-state index in [0.29, 0.717) is 19.4 Å². The summed E-state index contributed by atoms with van der Waals surface area (Å²) in [6.45, 7) is 5.33. The largest absolute Gasteiger partial charge is 0.299 e. The fraction of sp³-hybridized carbons (Fsp3) is 0.800. The lowest BCUT2D eigenvalue weighted by Gasteiger charge is -2.27. The Balaban J connectivity index is 1.83. The van der Waals surface area contributed by atoms with Crippen molar-refractivity contribution in [3.05, 3.63) is 0 Å². The van der Waals surface area contributed by atoms with E-state index in [4.69, 9.17) is 0 Å². The van der Waals surface area contributed by atoms with Crippen molar-refractivity contribution in [2.24, 2.45) is 11.8 Å². The Kier molecular flexibility index (Phi) is 4.44. The van der Waals surface area contributed by atoms with Crippen LogP contribution in [0.4, 0.5) is 0 Å². The van der Waals surface area contributed by atoms with E-state index in [1.54, 1.807) is 0 Å². The number of imide groups is 1. The quantitative estimate of drug-likeness (QED) is 0.681. The highest BCUT2D eigenvalue weighted by atomic mass is 16.2. The van der Waals surface area contributed by atoms with E-state index in [1.165, 1.54) is 4.90 Å². The van der Waals surface area contributed by atoms with Crippen LogP contribution in [0.2, 0.25) is 0 Å². The van der Waals surface area contributed by atoms with Crippen molar-refractivity contribution in [2.45, 2.75) is 51.5 Å². The van der Waals surface area contributed by atoms with Gasteiger partial charge in [-0.3, -0.25) is 19.8 Å².